The number of carbonyl (C=O) groups is 1. The average Bonchev–Trinajstić information content (AvgIpc) is 2.17. The van der Waals surface area contributed by atoms with Crippen molar-refractivity contribution in [1.29, 1.82) is 0 Å². The molecule has 82 valence electrons. The number of anilines is 1. The van der Waals surface area contributed by atoms with Crippen LogP contribution in [0.25, 0.3) is 0 Å². The number of carbonyl (C=O) groups excluding carboxylic acids is 1. The van der Waals surface area contributed by atoms with Gasteiger partial charge in [0.15, 0.2) is 0 Å². The molecule has 1 atom stereocenters. The standard InChI is InChI=1S/C11H15IN2O/c1-2-9(13)7-11(15)14-10-5-3-4-8(12)6-10/h3-6,9H,2,7,13H2,1H3,(H,14,15). The number of amides is 1. The van der Waals surface area contributed by atoms with Crippen LogP contribution in [0.2, 0.25) is 0 Å². The summed E-state index contributed by atoms with van der Waals surface area (Å²) >= 11 is 2.21. The van der Waals surface area contributed by atoms with Crippen LogP contribution in [0.5, 0.6) is 0 Å². The van der Waals surface area contributed by atoms with Crippen LogP contribution in [0.3, 0.4) is 0 Å². The van der Waals surface area contributed by atoms with Gasteiger partial charge in [-0.25, -0.2) is 0 Å². The molecular formula is C11H15IN2O. The molecule has 3 nitrogen and oxygen atoms in total. The summed E-state index contributed by atoms with van der Waals surface area (Å²) in [5.41, 5.74) is 6.52. The third-order valence-electron chi connectivity index (χ3n) is 2.08. The van der Waals surface area contributed by atoms with Crippen LogP contribution in [0.4, 0.5) is 5.69 Å². The maximum atomic E-state index is 11.5. The summed E-state index contributed by atoms with van der Waals surface area (Å²) in [6.45, 7) is 1.98. The van der Waals surface area contributed by atoms with Gasteiger partial charge in [0.1, 0.15) is 0 Å². The zero-order chi connectivity index (χ0) is 11.3. The summed E-state index contributed by atoms with van der Waals surface area (Å²) in [5, 5.41) is 2.82. The van der Waals surface area contributed by atoms with E-state index in [2.05, 4.69) is 27.9 Å². The minimum atomic E-state index is -0.0483. The fourth-order valence-corrected chi connectivity index (χ4v) is 1.70. The monoisotopic (exact) mass is 318 g/mol. The van der Waals surface area contributed by atoms with Gasteiger partial charge >= 0.3 is 0 Å². The molecule has 1 aromatic carbocycles. The molecule has 0 heterocycles. The molecule has 0 aliphatic carbocycles. The molecule has 0 aromatic heterocycles. The Bertz CT molecular complexity index is 341. The second-order valence-electron chi connectivity index (χ2n) is 3.43. The summed E-state index contributed by atoms with van der Waals surface area (Å²) in [7, 11) is 0. The van der Waals surface area contributed by atoms with Crippen molar-refractivity contribution in [3.05, 3.63) is 27.8 Å². The van der Waals surface area contributed by atoms with E-state index in [1.165, 1.54) is 0 Å². The first-order valence-corrected chi connectivity index (χ1v) is 6.00. The first kappa shape index (κ1) is 12.4. The van der Waals surface area contributed by atoms with Gasteiger partial charge in [-0.1, -0.05) is 13.0 Å². The minimum absolute atomic E-state index is 0.0219. The highest BCUT2D eigenvalue weighted by molar-refractivity contribution is 14.1. The zero-order valence-electron chi connectivity index (χ0n) is 8.66. The molecule has 3 N–H and O–H groups in total. The molecule has 1 rings (SSSR count). The van der Waals surface area contributed by atoms with E-state index in [-0.39, 0.29) is 11.9 Å². The predicted octanol–water partition coefficient (Wildman–Crippen LogP) is 2.36. The van der Waals surface area contributed by atoms with Gasteiger partial charge in [0, 0.05) is 21.7 Å². The number of nitrogens with one attached hydrogen (secondary N) is 1. The van der Waals surface area contributed by atoms with Gasteiger partial charge in [-0.3, -0.25) is 4.79 Å². The molecule has 0 saturated heterocycles. The van der Waals surface area contributed by atoms with E-state index in [4.69, 9.17) is 5.73 Å². The number of rotatable bonds is 4. The van der Waals surface area contributed by atoms with Crippen LogP contribution in [-0.2, 0) is 4.79 Å². The van der Waals surface area contributed by atoms with Crippen LogP contribution >= 0.6 is 22.6 Å². The van der Waals surface area contributed by atoms with Gasteiger partial charge in [0.2, 0.25) is 5.91 Å². The van der Waals surface area contributed by atoms with Gasteiger partial charge in [0.25, 0.3) is 0 Å². The summed E-state index contributed by atoms with van der Waals surface area (Å²) in [6, 6.07) is 7.64. The minimum Gasteiger partial charge on any atom is -0.327 e. The van der Waals surface area contributed by atoms with Crippen LogP contribution in [-0.4, -0.2) is 11.9 Å². The maximum Gasteiger partial charge on any atom is 0.225 e. The molecular weight excluding hydrogens is 303 g/mol. The summed E-state index contributed by atoms with van der Waals surface area (Å²) < 4.78 is 1.10. The second-order valence-corrected chi connectivity index (χ2v) is 4.68. The Hall–Kier alpha value is -0.620. The number of hydrogen-bond acceptors (Lipinski definition) is 2. The number of halogens is 1. The van der Waals surface area contributed by atoms with E-state index in [1.807, 2.05) is 31.2 Å². The number of benzene rings is 1. The van der Waals surface area contributed by atoms with E-state index < -0.39 is 0 Å². The number of nitrogens with two attached hydrogens (primary N) is 1. The lowest BCUT2D eigenvalue weighted by molar-refractivity contribution is -0.116. The van der Waals surface area contributed by atoms with Crippen molar-refractivity contribution < 1.29 is 4.79 Å². The third-order valence-corrected chi connectivity index (χ3v) is 2.75. The first-order valence-electron chi connectivity index (χ1n) is 4.92. The largest absolute Gasteiger partial charge is 0.327 e. The lowest BCUT2D eigenvalue weighted by Crippen LogP contribution is -2.26. The van der Waals surface area contributed by atoms with Gasteiger partial charge in [0.05, 0.1) is 0 Å². The van der Waals surface area contributed by atoms with E-state index in [0.717, 1.165) is 15.7 Å². The summed E-state index contributed by atoms with van der Waals surface area (Å²) in [6.07, 6.45) is 1.20. The predicted molar refractivity (Wildman–Crippen MR) is 70.7 cm³/mol. The lowest BCUT2D eigenvalue weighted by atomic mass is 10.1. The average molecular weight is 318 g/mol. The van der Waals surface area contributed by atoms with Crippen molar-refractivity contribution in [1.82, 2.24) is 0 Å². The molecule has 1 unspecified atom stereocenters. The molecule has 0 saturated carbocycles. The Morgan fingerprint density at radius 3 is 2.93 bits per heavy atom. The fraction of sp³-hybridized carbons (Fsp3) is 0.364. The third kappa shape index (κ3) is 4.61. The van der Waals surface area contributed by atoms with Crippen LogP contribution in [0.15, 0.2) is 24.3 Å². The first-order chi connectivity index (χ1) is 7.11. The van der Waals surface area contributed by atoms with E-state index in [9.17, 15) is 4.79 Å². The Balaban J connectivity index is 2.51. The topological polar surface area (TPSA) is 55.1 Å². The van der Waals surface area contributed by atoms with Crippen molar-refractivity contribution >= 4 is 34.2 Å². The van der Waals surface area contributed by atoms with Gasteiger partial charge < -0.3 is 11.1 Å². The van der Waals surface area contributed by atoms with Crippen LogP contribution in [0.1, 0.15) is 19.8 Å². The van der Waals surface area contributed by atoms with E-state index in [1.54, 1.807) is 0 Å². The molecule has 0 aliphatic rings. The molecule has 4 heteroatoms. The SMILES string of the molecule is CCC(N)CC(=O)Nc1cccc(I)c1. The maximum absolute atomic E-state index is 11.5. The molecule has 0 radical (unpaired) electrons. The highest BCUT2D eigenvalue weighted by Crippen LogP contribution is 2.12. The normalized spacial score (nSPS) is 12.2. The van der Waals surface area contributed by atoms with Crippen molar-refractivity contribution in [2.24, 2.45) is 5.73 Å². The lowest BCUT2D eigenvalue weighted by Gasteiger charge is -2.09. The molecule has 1 amide bonds. The van der Waals surface area contributed by atoms with Crippen LogP contribution < -0.4 is 11.1 Å². The molecule has 1 aromatic rings. The second kappa shape index (κ2) is 6.07. The molecule has 0 aliphatic heterocycles. The van der Waals surface area contributed by atoms with E-state index >= 15 is 0 Å². The van der Waals surface area contributed by atoms with Gasteiger partial charge in [-0.2, -0.15) is 0 Å². The quantitative estimate of drug-likeness (QED) is 0.838. The van der Waals surface area contributed by atoms with Crippen molar-refractivity contribution in [2.45, 2.75) is 25.8 Å². The Morgan fingerprint density at radius 2 is 2.33 bits per heavy atom. The Kier molecular flexibility index (Phi) is 5.04. The van der Waals surface area contributed by atoms with Gasteiger partial charge in [-0.15, -0.1) is 0 Å². The Morgan fingerprint density at radius 1 is 1.60 bits per heavy atom. The van der Waals surface area contributed by atoms with Crippen molar-refractivity contribution in [2.75, 3.05) is 5.32 Å². The smallest absolute Gasteiger partial charge is 0.225 e. The van der Waals surface area contributed by atoms with E-state index in [0.29, 0.717) is 6.42 Å². The Labute approximate surface area is 104 Å². The van der Waals surface area contributed by atoms with Crippen molar-refractivity contribution in [3.8, 4) is 0 Å². The van der Waals surface area contributed by atoms with Crippen LogP contribution in [0, 0.1) is 3.57 Å². The fourth-order valence-electron chi connectivity index (χ4n) is 1.16. The molecule has 15 heavy (non-hydrogen) atoms. The summed E-state index contributed by atoms with van der Waals surface area (Å²) in [5.74, 6) is -0.0219. The highest BCUT2D eigenvalue weighted by Gasteiger charge is 2.07. The summed E-state index contributed by atoms with van der Waals surface area (Å²) in [4.78, 5) is 11.5. The molecule has 0 bridgehead atoms. The highest BCUT2D eigenvalue weighted by atomic mass is 127. The number of hydrogen-bond donors (Lipinski definition) is 2. The molecule has 0 fully saturated rings. The van der Waals surface area contributed by atoms with Gasteiger partial charge in [-0.05, 0) is 47.2 Å². The zero-order valence-corrected chi connectivity index (χ0v) is 10.8. The van der Waals surface area contributed by atoms with Crippen molar-refractivity contribution in [3.63, 3.8) is 0 Å². The molecule has 0 spiro atoms.